The lowest BCUT2D eigenvalue weighted by Crippen LogP contribution is -2.34. The maximum atomic E-state index is 5.74. The monoisotopic (exact) mass is 140 g/mol. The zero-order valence-corrected chi connectivity index (χ0v) is 6.26. The van der Waals surface area contributed by atoms with Crippen molar-refractivity contribution in [2.75, 3.05) is 0 Å². The fourth-order valence-electron chi connectivity index (χ4n) is 0.777. The van der Waals surface area contributed by atoms with E-state index in [-0.39, 0.29) is 5.54 Å². The number of hydrogen-bond donors (Lipinski definition) is 2. The largest absolute Gasteiger partial charge is 0.325 e. The Kier molecular flexibility index (Phi) is 1.72. The van der Waals surface area contributed by atoms with Crippen molar-refractivity contribution in [1.29, 1.82) is 0 Å². The highest BCUT2D eigenvalue weighted by Gasteiger charge is 2.12. The first-order valence-electron chi connectivity index (χ1n) is 3.21. The van der Waals surface area contributed by atoms with Crippen molar-refractivity contribution >= 4 is 0 Å². The third-order valence-corrected chi connectivity index (χ3v) is 1.10. The van der Waals surface area contributed by atoms with E-state index in [9.17, 15) is 0 Å². The van der Waals surface area contributed by atoms with E-state index in [1.54, 1.807) is 6.20 Å². The highest BCUT2D eigenvalue weighted by atomic mass is 15.3. The Labute approximate surface area is 59.8 Å². The SMILES string of the molecule is CC(C)(N)Cc1cn[nH]n1. The third kappa shape index (κ3) is 2.14. The Morgan fingerprint density at radius 3 is 2.80 bits per heavy atom. The van der Waals surface area contributed by atoms with Gasteiger partial charge in [0.1, 0.15) is 0 Å². The van der Waals surface area contributed by atoms with Crippen LogP contribution in [0.3, 0.4) is 0 Å². The summed E-state index contributed by atoms with van der Waals surface area (Å²) in [6, 6.07) is 0. The lowest BCUT2D eigenvalue weighted by Gasteiger charge is -2.15. The molecule has 1 heterocycles. The number of nitrogens with two attached hydrogens (primary N) is 1. The molecule has 0 amide bonds. The molecule has 0 spiro atoms. The molecule has 10 heavy (non-hydrogen) atoms. The van der Waals surface area contributed by atoms with Gasteiger partial charge in [0.25, 0.3) is 0 Å². The summed E-state index contributed by atoms with van der Waals surface area (Å²) in [6.45, 7) is 3.92. The van der Waals surface area contributed by atoms with Crippen LogP contribution in [-0.4, -0.2) is 20.9 Å². The van der Waals surface area contributed by atoms with E-state index < -0.39 is 0 Å². The Balaban J connectivity index is 2.57. The average molecular weight is 140 g/mol. The zero-order chi connectivity index (χ0) is 7.61. The number of rotatable bonds is 2. The second-order valence-electron chi connectivity index (χ2n) is 3.13. The van der Waals surface area contributed by atoms with Crippen LogP contribution >= 0.6 is 0 Å². The fourth-order valence-corrected chi connectivity index (χ4v) is 0.777. The number of aromatic nitrogens is 3. The van der Waals surface area contributed by atoms with Gasteiger partial charge in [0, 0.05) is 12.0 Å². The molecule has 0 aliphatic carbocycles. The Morgan fingerprint density at radius 2 is 2.40 bits per heavy atom. The summed E-state index contributed by atoms with van der Waals surface area (Å²) in [6.07, 6.45) is 2.44. The molecule has 1 aromatic heterocycles. The van der Waals surface area contributed by atoms with E-state index >= 15 is 0 Å². The Hall–Kier alpha value is -0.900. The minimum atomic E-state index is -0.198. The summed E-state index contributed by atoms with van der Waals surface area (Å²) in [5, 5.41) is 10.1. The molecule has 0 atom stereocenters. The smallest absolute Gasteiger partial charge is 0.0842 e. The predicted molar refractivity (Wildman–Crippen MR) is 38.4 cm³/mol. The minimum absolute atomic E-state index is 0.198. The van der Waals surface area contributed by atoms with Crippen LogP contribution in [0.25, 0.3) is 0 Å². The van der Waals surface area contributed by atoms with Crippen LogP contribution in [0.2, 0.25) is 0 Å². The van der Waals surface area contributed by atoms with E-state index in [2.05, 4.69) is 15.4 Å². The van der Waals surface area contributed by atoms with Gasteiger partial charge in [-0.1, -0.05) is 0 Å². The first-order chi connectivity index (χ1) is 4.58. The maximum absolute atomic E-state index is 5.74. The van der Waals surface area contributed by atoms with E-state index in [1.807, 2.05) is 13.8 Å². The molecule has 0 aliphatic rings. The van der Waals surface area contributed by atoms with Gasteiger partial charge in [0.05, 0.1) is 11.9 Å². The number of nitrogens with one attached hydrogen (secondary N) is 1. The van der Waals surface area contributed by atoms with Crippen LogP contribution in [0, 0.1) is 0 Å². The van der Waals surface area contributed by atoms with Gasteiger partial charge < -0.3 is 5.73 Å². The quantitative estimate of drug-likeness (QED) is 0.611. The molecule has 4 heteroatoms. The highest BCUT2D eigenvalue weighted by Crippen LogP contribution is 2.04. The molecule has 4 nitrogen and oxygen atoms in total. The summed E-state index contributed by atoms with van der Waals surface area (Å²) in [5.41, 5.74) is 6.46. The first-order valence-corrected chi connectivity index (χ1v) is 3.21. The summed E-state index contributed by atoms with van der Waals surface area (Å²) < 4.78 is 0. The molecular weight excluding hydrogens is 128 g/mol. The molecule has 1 rings (SSSR count). The van der Waals surface area contributed by atoms with Gasteiger partial charge in [-0.15, -0.1) is 0 Å². The zero-order valence-electron chi connectivity index (χ0n) is 6.26. The van der Waals surface area contributed by atoms with Crippen molar-refractivity contribution in [3.05, 3.63) is 11.9 Å². The third-order valence-electron chi connectivity index (χ3n) is 1.10. The van der Waals surface area contributed by atoms with Gasteiger partial charge in [-0.2, -0.15) is 15.4 Å². The lowest BCUT2D eigenvalue weighted by atomic mass is 10.0. The summed E-state index contributed by atoms with van der Waals surface area (Å²) >= 11 is 0. The molecule has 3 N–H and O–H groups in total. The van der Waals surface area contributed by atoms with Crippen LogP contribution in [0.5, 0.6) is 0 Å². The number of nitrogens with zero attached hydrogens (tertiary/aromatic N) is 2. The molecule has 0 radical (unpaired) electrons. The van der Waals surface area contributed by atoms with Crippen LogP contribution in [0.4, 0.5) is 0 Å². The van der Waals surface area contributed by atoms with Crippen LogP contribution in [-0.2, 0) is 6.42 Å². The first kappa shape index (κ1) is 7.21. The minimum Gasteiger partial charge on any atom is -0.325 e. The summed E-state index contributed by atoms with van der Waals surface area (Å²) in [4.78, 5) is 0. The predicted octanol–water partition coefficient (Wildman–Crippen LogP) is 0.0845. The molecule has 0 saturated carbocycles. The molecule has 0 bridgehead atoms. The molecule has 0 saturated heterocycles. The fraction of sp³-hybridized carbons (Fsp3) is 0.667. The topological polar surface area (TPSA) is 67.6 Å². The molecule has 1 aromatic rings. The maximum Gasteiger partial charge on any atom is 0.0842 e. The molecule has 0 aliphatic heterocycles. The second-order valence-corrected chi connectivity index (χ2v) is 3.13. The lowest BCUT2D eigenvalue weighted by molar-refractivity contribution is 0.509. The van der Waals surface area contributed by atoms with Gasteiger partial charge in [-0.05, 0) is 13.8 Å². The Morgan fingerprint density at radius 1 is 1.70 bits per heavy atom. The molecule has 56 valence electrons. The van der Waals surface area contributed by atoms with Gasteiger partial charge in [-0.25, -0.2) is 0 Å². The van der Waals surface area contributed by atoms with Crippen molar-refractivity contribution in [2.45, 2.75) is 25.8 Å². The summed E-state index contributed by atoms with van der Waals surface area (Å²) in [5.74, 6) is 0. The molecule has 0 aromatic carbocycles. The molecule has 0 unspecified atom stereocenters. The highest BCUT2D eigenvalue weighted by molar-refractivity contribution is 4.97. The van der Waals surface area contributed by atoms with Crippen molar-refractivity contribution in [2.24, 2.45) is 5.73 Å². The summed E-state index contributed by atoms with van der Waals surface area (Å²) in [7, 11) is 0. The normalized spacial score (nSPS) is 11.9. The molecular formula is C6H12N4. The van der Waals surface area contributed by atoms with Gasteiger partial charge >= 0.3 is 0 Å². The van der Waals surface area contributed by atoms with Crippen LogP contribution < -0.4 is 5.73 Å². The van der Waals surface area contributed by atoms with Crippen LogP contribution in [0.15, 0.2) is 6.20 Å². The van der Waals surface area contributed by atoms with E-state index in [0.717, 1.165) is 12.1 Å². The van der Waals surface area contributed by atoms with Crippen LogP contribution in [0.1, 0.15) is 19.5 Å². The van der Waals surface area contributed by atoms with Gasteiger partial charge in [0.15, 0.2) is 0 Å². The van der Waals surface area contributed by atoms with Crippen molar-refractivity contribution in [1.82, 2.24) is 15.4 Å². The van der Waals surface area contributed by atoms with E-state index in [1.165, 1.54) is 0 Å². The molecule has 0 fully saturated rings. The van der Waals surface area contributed by atoms with Gasteiger partial charge in [-0.3, -0.25) is 0 Å². The van der Waals surface area contributed by atoms with Crippen molar-refractivity contribution < 1.29 is 0 Å². The van der Waals surface area contributed by atoms with Crippen molar-refractivity contribution in [3.8, 4) is 0 Å². The number of hydrogen-bond acceptors (Lipinski definition) is 3. The van der Waals surface area contributed by atoms with Crippen molar-refractivity contribution in [3.63, 3.8) is 0 Å². The van der Waals surface area contributed by atoms with E-state index in [0.29, 0.717) is 0 Å². The number of H-pyrrole nitrogens is 1. The standard InChI is InChI=1S/C6H12N4/c1-6(2,7)3-5-4-8-10-9-5/h4H,3,7H2,1-2H3,(H,8,9,10). The van der Waals surface area contributed by atoms with Gasteiger partial charge in [0.2, 0.25) is 0 Å². The number of aromatic amines is 1. The second kappa shape index (κ2) is 2.38. The average Bonchev–Trinajstić information content (AvgIpc) is 2.12. The Bertz CT molecular complexity index is 184. The van der Waals surface area contributed by atoms with E-state index in [4.69, 9.17) is 5.73 Å².